The van der Waals surface area contributed by atoms with Crippen molar-refractivity contribution in [3.8, 4) is 0 Å². The number of rotatable bonds is 1. The smallest absolute Gasteiger partial charge is 0.206 e. The van der Waals surface area contributed by atoms with Gasteiger partial charge >= 0.3 is 0 Å². The molecule has 0 unspecified atom stereocenters. The molecule has 1 aliphatic heterocycles. The second-order valence-corrected chi connectivity index (χ2v) is 8.21. The Labute approximate surface area is 153 Å². The third kappa shape index (κ3) is 1.85. The Morgan fingerprint density at radius 3 is 2.65 bits per heavy atom. The number of fused-ring (bicyclic) bond motifs is 4. The number of piperidine rings is 1. The first-order chi connectivity index (χ1) is 12.7. The van der Waals surface area contributed by atoms with Crippen molar-refractivity contribution in [1.29, 1.82) is 0 Å². The molecule has 2 aromatic heterocycles. The zero-order valence-corrected chi connectivity index (χ0v) is 14.7. The van der Waals surface area contributed by atoms with Crippen molar-refractivity contribution in [3.63, 3.8) is 0 Å². The molecule has 26 heavy (non-hydrogen) atoms. The van der Waals surface area contributed by atoms with Crippen molar-refractivity contribution in [2.75, 3.05) is 18.0 Å². The minimum atomic E-state index is 0.421. The van der Waals surface area contributed by atoms with Crippen LogP contribution in [0.5, 0.6) is 0 Å². The van der Waals surface area contributed by atoms with Crippen LogP contribution in [-0.2, 0) is 11.8 Å². The molecule has 1 aromatic carbocycles. The van der Waals surface area contributed by atoms with Gasteiger partial charge in [-0.1, -0.05) is 24.3 Å². The molecule has 3 heterocycles. The van der Waals surface area contributed by atoms with Gasteiger partial charge in [-0.15, -0.1) is 0 Å². The van der Waals surface area contributed by atoms with Crippen LogP contribution in [0.2, 0.25) is 0 Å². The van der Waals surface area contributed by atoms with E-state index in [1.807, 2.05) is 0 Å². The fraction of sp³-hybridized carbons (Fsp3) is 0.450. The maximum Gasteiger partial charge on any atom is 0.206 e. The number of anilines is 1. The van der Waals surface area contributed by atoms with Crippen LogP contribution in [0, 0.1) is 5.41 Å². The van der Waals surface area contributed by atoms with E-state index in [9.17, 15) is 0 Å². The normalized spacial score (nSPS) is 22.2. The van der Waals surface area contributed by atoms with Gasteiger partial charge in [0.05, 0.1) is 0 Å². The molecular weight excluding hydrogens is 321 g/mol. The predicted octanol–water partition coefficient (Wildman–Crippen LogP) is 2.02. The molecule has 0 amide bonds. The molecule has 3 aromatic rings. The Balaban J connectivity index is 1.28. The van der Waals surface area contributed by atoms with Crippen LogP contribution in [0.3, 0.4) is 0 Å². The zero-order valence-electron chi connectivity index (χ0n) is 14.7. The van der Waals surface area contributed by atoms with Crippen LogP contribution in [-0.4, -0.2) is 40.9 Å². The Morgan fingerprint density at radius 2 is 1.85 bits per heavy atom. The van der Waals surface area contributed by atoms with Gasteiger partial charge in [0.25, 0.3) is 0 Å². The number of benzene rings is 1. The summed E-state index contributed by atoms with van der Waals surface area (Å²) in [6.07, 6.45) is 7.98. The van der Waals surface area contributed by atoms with Crippen LogP contribution in [0.15, 0.2) is 30.5 Å². The summed E-state index contributed by atoms with van der Waals surface area (Å²) in [6.45, 7) is 2.07. The van der Waals surface area contributed by atoms with Gasteiger partial charge in [-0.3, -0.25) is 0 Å². The lowest BCUT2D eigenvalue weighted by Crippen LogP contribution is -2.45. The fourth-order valence-corrected chi connectivity index (χ4v) is 5.63. The molecule has 5 nitrogen and oxygen atoms in total. The minimum absolute atomic E-state index is 0.421. The summed E-state index contributed by atoms with van der Waals surface area (Å²) in [5.74, 6) is 0.876. The van der Waals surface area contributed by atoms with E-state index in [1.54, 1.807) is 17.3 Å². The average Bonchev–Trinajstić information content (AvgIpc) is 3.30. The lowest BCUT2D eigenvalue weighted by molar-refractivity contribution is 0.168. The van der Waals surface area contributed by atoms with E-state index < -0.39 is 0 Å². The third-order valence-corrected chi connectivity index (χ3v) is 7.06. The number of hydrogen-bond acceptors (Lipinski definition) is 4. The van der Waals surface area contributed by atoms with E-state index in [4.69, 9.17) is 7.85 Å². The first-order valence-corrected chi connectivity index (χ1v) is 9.51. The molecular formula is C20H20BN5. The quantitative estimate of drug-likeness (QED) is 0.688. The summed E-state index contributed by atoms with van der Waals surface area (Å²) in [7, 11) is 5.73. The SMILES string of the molecule is [B]c1cnc2nc(N3CCC4(CC3)Cc3ccccc3C43CC3)[nH]c2n1. The highest BCUT2D eigenvalue weighted by molar-refractivity contribution is 6.30. The Kier molecular flexibility index (Phi) is 2.77. The number of imidazole rings is 1. The van der Waals surface area contributed by atoms with Gasteiger partial charge in [-0.2, -0.15) is 4.98 Å². The van der Waals surface area contributed by atoms with Crippen LogP contribution in [0.1, 0.15) is 36.8 Å². The van der Waals surface area contributed by atoms with E-state index in [0.29, 0.717) is 27.7 Å². The molecule has 0 bridgehead atoms. The van der Waals surface area contributed by atoms with Crippen molar-refractivity contribution in [2.45, 2.75) is 37.5 Å². The van der Waals surface area contributed by atoms with Gasteiger partial charge in [0.15, 0.2) is 11.3 Å². The van der Waals surface area contributed by atoms with E-state index in [2.05, 4.69) is 49.1 Å². The van der Waals surface area contributed by atoms with Crippen molar-refractivity contribution in [1.82, 2.24) is 19.9 Å². The second kappa shape index (κ2) is 4.87. The van der Waals surface area contributed by atoms with Gasteiger partial charge in [0, 0.05) is 30.3 Å². The number of H-pyrrole nitrogens is 1. The lowest BCUT2D eigenvalue weighted by atomic mass is 9.67. The zero-order chi connectivity index (χ0) is 17.4. The summed E-state index contributed by atoms with van der Waals surface area (Å²) in [6, 6.07) is 9.14. The maximum absolute atomic E-state index is 5.73. The number of aromatic nitrogens is 4. The molecule has 128 valence electrons. The van der Waals surface area contributed by atoms with Gasteiger partial charge < -0.3 is 9.88 Å². The molecule has 6 heteroatoms. The summed E-state index contributed by atoms with van der Waals surface area (Å²) in [5, 5.41) is 0. The third-order valence-electron chi connectivity index (χ3n) is 7.06. The van der Waals surface area contributed by atoms with Crippen molar-refractivity contribution in [3.05, 3.63) is 41.6 Å². The van der Waals surface area contributed by atoms with Crippen molar-refractivity contribution >= 4 is 30.7 Å². The Bertz CT molecular complexity index is 1010. The van der Waals surface area contributed by atoms with Crippen LogP contribution in [0.25, 0.3) is 11.3 Å². The van der Waals surface area contributed by atoms with Gasteiger partial charge in [-0.05, 0) is 48.6 Å². The predicted molar refractivity (Wildman–Crippen MR) is 102 cm³/mol. The Morgan fingerprint density at radius 1 is 1.04 bits per heavy atom. The van der Waals surface area contributed by atoms with Crippen molar-refractivity contribution < 1.29 is 0 Å². The molecule has 2 spiro atoms. The number of nitrogens with one attached hydrogen (secondary N) is 1. The van der Waals surface area contributed by atoms with Crippen molar-refractivity contribution in [2.24, 2.45) is 5.41 Å². The molecule has 2 aliphatic carbocycles. The highest BCUT2D eigenvalue weighted by Crippen LogP contribution is 2.69. The fourth-order valence-electron chi connectivity index (χ4n) is 5.63. The number of nitrogens with zero attached hydrogens (tertiary/aromatic N) is 4. The lowest BCUT2D eigenvalue weighted by Gasteiger charge is -2.44. The Hall–Kier alpha value is -2.37. The largest absolute Gasteiger partial charge is 0.342 e. The highest BCUT2D eigenvalue weighted by atomic mass is 15.3. The first kappa shape index (κ1) is 14.8. The molecule has 1 N–H and O–H groups in total. The molecule has 6 rings (SSSR count). The second-order valence-electron chi connectivity index (χ2n) is 8.21. The molecule has 1 saturated carbocycles. The molecule has 0 atom stereocenters. The summed E-state index contributed by atoms with van der Waals surface area (Å²) < 4.78 is 0. The van der Waals surface area contributed by atoms with E-state index in [-0.39, 0.29) is 0 Å². The molecule has 3 aliphatic rings. The maximum atomic E-state index is 5.73. The number of aromatic amines is 1. The van der Waals surface area contributed by atoms with Crippen LogP contribution >= 0.6 is 0 Å². The highest BCUT2D eigenvalue weighted by Gasteiger charge is 2.64. The summed E-state index contributed by atoms with van der Waals surface area (Å²) in [4.78, 5) is 18.8. The van der Waals surface area contributed by atoms with E-state index in [0.717, 1.165) is 19.0 Å². The molecule has 2 fully saturated rings. The summed E-state index contributed by atoms with van der Waals surface area (Å²) in [5.41, 5.74) is 5.87. The number of hydrogen-bond donors (Lipinski definition) is 1. The summed E-state index contributed by atoms with van der Waals surface area (Å²) >= 11 is 0. The first-order valence-electron chi connectivity index (χ1n) is 9.51. The standard InChI is InChI=1S/C20H20BN5/c21-15-12-22-16-17(23-15)25-18(24-16)26-9-7-19(8-10-26)11-13-3-1-2-4-14(13)20(19)5-6-20/h1-4,12H,5-11H2,(H,22,23,24,25). The minimum Gasteiger partial charge on any atom is -0.342 e. The topological polar surface area (TPSA) is 57.7 Å². The van der Waals surface area contributed by atoms with E-state index in [1.165, 1.54) is 32.1 Å². The van der Waals surface area contributed by atoms with Crippen LogP contribution in [0.4, 0.5) is 5.95 Å². The van der Waals surface area contributed by atoms with Gasteiger partial charge in [-0.25, -0.2) is 9.97 Å². The van der Waals surface area contributed by atoms with E-state index >= 15 is 0 Å². The average molecular weight is 341 g/mol. The van der Waals surface area contributed by atoms with Gasteiger partial charge in [0.1, 0.15) is 7.85 Å². The molecule has 2 radical (unpaired) electrons. The molecule has 1 saturated heterocycles. The van der Waals surface area contributed by atoms with Gasteiger partial charge in [0.2, 0.25) is 5.95 Å². The van der Waals surface area contributed by atoms with Crippen LogP contribution < -0.4 is 10.5 Å². The monoisotopic (exact) mass is 341 g/mol.